The molecule has 1 aromatic heterocycles. The number of sulfonamides is 1. The Labute approximate surface area is 150 Å². The van der Waals surface area contributed by atoms with Crippen molar-refractivity contribution in [2.75, 3.05) is 4.72 Å². The zero-order valence-electron chi connectivity index (χ0n) is 13.6. The maximum Gasteiger partial charge on any atom is 0.262 e. The topological polar surface area (TPSA) is 113 Å². The van der Waals surface area contributed by atoms with Crippen LogP contribution in [0.4, 0.5) is 5.00 Å². The number of amides is 1. The fourth-order valence-corrected chi connectivity index (χ4v) is 5.69. The van der Waals surface area contributed by atoms with Gasteiger partial charge >= 0.3 is 0 Å². The van der Waals surface area contributed by atoms with E-state index in [9.17, 15) is 13.2 Å². The van der Waals surface area contributed by atoms with E-state index in [2.05, 4.69) is 11.6 Å². The molecule has 3 N–H and O–H groups in total. The van der Waals surface area contributed by atoms with Crippen LogP contribution in [-0.4, -0.2) is 14.3 Å². The molecule has 1 aromatic carbocycles. The van der Waals surface area contributed by atoms with E-state index in [1.807, 2.05) is 6.07 Å². The van der Waals surface area contributed by atoms with Crippen molar-refractivity contribution in [3.8, 4) is 6.07 Å². The molecule has 0 unspecified atom stereocenters. The van der Waals surface area contributed by atoms with Crippen molar-refractivity contribution < 1.29 is 13.2 Å². The fraction of sp³-hybridized carbons (Fsp3) is 0.294. The van der Waals surface area contributed by atoms with E-state index in [1.165, 1.54) is 35.6 Å². The Balaban J connectivity index is 1.99. The van der Waals surface area contributed by atoms with E-state index in [0.29, 0.717) is 11.5 Å². The summed E-state index contributed by atoms with van der Waals surface area (Å²) in [6, 6.07) is 7.54. The molecule has 2 aromatic rings. The van der Waals surface area contributed by atoms with Gasteiger partial charge in [0.15, 0.2) is 0 Å². The third-order valence-electron chi connectivity index (χ3n) is 4.28. The minimum atomic E-state index is -3.86. The van der Waals surface area contributed by atoms with E-state index in [-0.39, 0.29) is 15.5 Å². The van der Waals surface area contributed by atoms with E-state index >= 15 is 0 Å². The van der Waals surface area contributed by atoms with Gasteiger partial charge in [-0.1, -0.05) is 6.92 Å². The molecule has 8 heteroatoms. The van der Waals surface area contributed by atoms with Gasteiger partial charge in [-0.25, -0.2) is 8.42 Å². The molecule has 0 aliphatic heterocycles. The normalized spacial score (nSPS) is 16.7. The SMILES string of the molecule is C[C@@H]1CCc2c(sc(NS(=O)(=O)c3ccc(C#N)cc3)c2C(N)=O)C1. The standard InChI is InChI=1S/C17H17N3O3S2/c1-10-2-7-13-14(8-10)24-17(15(13)16(19)21)20-25(22,23)12-5-3-11(9-18)4-6-12/h3-6,10,20H,2,7-8H2,1H3,(H2,19,21)/t10-/m1/s1. The molecule has 25 heavy (non-hydrogen) atoms. The second kappa shape index (κ2) is 6.50. The molecule has 0 saturated carbocycles. The molecule has 0 bridgehead atoms. The van der Waals surface area contributed by atoms with E-state index in [4.69, 9.17) is 11.0 Å². The van der Waals surface area contributed by atoms with Crippen LogP contribution in [0.3, 0.4) is 0 Å². The van der Waals surface area contributed by atoms with Crippen molar-refractivity contribution in [1.29, 1.82) is 5.26 Å². The number of nitrogens with two attached hydrogens (primary N) is 1. The van der Waals surface area contributed by atoms with Crippen LogP contribution >= 0.6 is 11.3 Å². The Kier molecular flexibility index (Phi) is 4.54. The maximum absolute atomic E-state index is 12.6. The van der Waals surface area contributed by atoms with Gasteiger partial charge in [-0.15, -0.1) is 11.3 Å². The zero-order valence-corrected chi connectivity index (χ0v) is 15.2. The highest BCUT2D eigenvalue weighted by molar-refractivity contribution is 7.93. The van der Waals surface area contributed by atoms with E-state index < -0.39 is 15.9 Å². The van der Waals surface area contributed by atoms with Gasteiger partial charge in [0.05, 0.1) is 22.1 Å². The summed E-state index contributed by atoms with van der Waals surface area (Å²) in [5.41, 5.74) is 7.03. The molecule has 6 nitrogen and oxygen atoms in total. The van der Waals surface area contributed by atoms with Gasteiger partial charge in [0, 0.05) is 4.88 Å². The summed E-state index contributed by atoms with van der Waals surface area (Å²) in [5.74, 6) is -0.126. The number of fused-ring (bicyclic) bond motifs is 1. The lowest BCUT2D eigenvalue weighted by Gasteiger charge is -2.18. The Morgan fingerprint density at radius 3 is 2.64 bits per heavy atom. The molecular weight excluding hydrogens is 358 g/mol. The number of anilines is 1. The smallest absolute Gasteiger partial charge is 0.262 e. The minimum Gasteiger partial charge on any atom is -0.365 e. The summed E-state index contributed by atoms with van der Waals surface area (Å²) in [7, 11) is -3.86. The summed E-state index contributed by atoms with van der Waals surface area (Å²) in [4.78, 5) is 12.9. The molecule has 1 atom stereocenters. The van der Waals surface area contributed by atoms with Gasteiger partial charge in [-0.05, 0) is 55.0 Å². The fourth-order valence-electron chi connectivity index (χ4n) is 2.97. The lowest BCUT2D eigenvalue weighted by molar-refractivity contribution is 0.100. The average Bonchev–Trinajstić information content (AvgIpc) is 2.91. The van der Waals surface area contributed by atoms with Gasteiger partial charge in [0.25, 0.3) is 15.9 Å². The predicted octanol–water partition coefficient (Wildman–Crippen LogP) is 2.64. The number of primary amides is 1. The Morgan fingerprint density at radius 2 is 2.04 bits per heavy atom. The van der Waals surface area contributed by atoms with Crippen LogP contribution in [0.25, 0.3) is 0 Å². The Hall–Kier alpha value is -2.37. The number of carbonyl (C=O) groups is 1. The molecule has 130 valence electrons. The van der Waals surface area contributed by atoms with Crippen LogP contribution in [0.5, 0.6) is 0 Å². The molecule has 1 heterocycles. The molecule has 0 spiro atoms. The lowest BCUT2D eigenvalue weighted by Crippen LogP contribution is -2.19. The molecule has 0 saturated heterocycles. The second-order valence-electron chi connectivity index (χ2n) is 6.16. The second-order valence-corrected chi connectivity index (χ2v) is 8.95. The number of benzene rings is 1. The number of hydrogen-bond acceptors (Lipinski definition) is 5. The highest BCUT2D eigenvalue weighted by Crippen LogP contribution is 2.40. The van der Waals surface area contributed by atoms with E-state index in [1.54, 1.807) is 0 Å². The number of nitrogens with one attached hydrogen (secondary N) is 1. The first kappa shape index (κ1) is 17.5. The molecule has 1 amide bonds. The first-order chi connectivity index (χ1) is 11.8. The van der Waals surface area contributed by atoms with Crippen LogP contribution in [0.2, 0.25) is 0 Å². The van der Waals surface area contributed by atoms with Gasteiger partial charge < -0.3 is 5.73 Å². The number of thiophene rings is 1. The van der Waals surface area contributed by atoms with Crippen molar-refractivity contribution in [2.45, 2.75) is 31.1 Å². The first-order valence-electron chi connectivity index (χ1n) is 7.79. The quantitative estimate of drug-likeness (QED) is 0.855. The third-order valence-corrected chi connectivity index (χ3v) is 6.94. The van der Waals surface area contributed by atoms with Gasteiger partial charge in [0.1, 0.15) is 5.00 Å². The van der Waals surface area contributed by atoms with Crippen LogP contribution in [-0.2, 0) is 22.9 Å². The number of rotatable bonds is 4. The summed E-state index contributed by atoms with van der Waals surface area (Å²) < 4.78 is 27.7. The number of carbonyl (C=O) groups excluding carboxylic acids is 1. The van der Waals surface area contributed by atoms with Crippen LogP contribution in [0, 0.1) is 17.2 Å². The molecule has 1 aliphatic carbocycles. The average molecular weight is 375 g/mol. The summed E-state index contributed by atoms with van der Waals surface area (Å²) in [6.07, 6.45) is 2.49. The Bertz CT molecular complexity index is 970. The van der Waals surface area contributed by atoms with Crippen LogP contribution in [0.1, 0.15) is 39.7 Å². The van der Waals surface area contributed by atoms with Crippen LogP contribution in [0.15, 0.2) is 29.2 Å². The van der Waals surface area contributed by atoms with Crippen molar-refractivity contribution in [3.63, 3.8) is 0 Å². The van der Waals surface area contributed by atoms with Crippen molar-refractivity contribution in [1.82, 2.24) is 0 Å². The molecule has 0 fully saturated rings. The van der Waals surface area contributed by atoms with Crippen molar-refractivity contribution >= 4 is 32.3 Å². The van der Waals surface area contributed by atoms with Crippen LogP contribution < -0.4 is 10.5 Å². The zero-order chi connectivity index (χ0) is 18.2. The summed E-state index contributed by atoms with van der Waals surface area (Å²) >= 11 is 1.28. The largest absolute Gasteiger partial charge is 0.365 e. The number of hydrogen-bond donors (Lipinski definition) is 2. The highest BCUT2D eigenvalue weighted by Gasteiger charge is 2.28. The van der Waals surface area contributed by atoms with Crippen molar-refractivity contribution in [3.05, 3.63) is 45.8 Å². The van der Waals surface area contributed by atoms with Crippen molar-refractivity contribution in [2.24, 2.45) is 11.7 Å². The molecule has 1 aliphatic rings. The van der Waals surface area contributed by atoms with E-state index in [0.717, 1.165) is 29.7 Å². The van der Waals surface area contributed by atoms with Gasteiger partial charge in [-0.2, -0.15) is 5.26 Å². The van der Waals surface area contributed by atoms with Gasteiger partial charge in [0.2, 0.25) is 0 Å². The van der Waals surface area contributed by atoms with Gasteiger partial charge in [-0.3, -0.25) is 9.52 Å². The summed E-state index contributed by atoms with van der Waals surface area (Å²) in [6.45, 7) is 2.13. The first-order valence-corrected chi connectivity index (χ1v) is 10.1. The minimum absolute atomic E-state index is 0.0293. The molecule has 3 rings (SSSR count). The molecule has 0 radical (unpaired) electrons. The number of nitrogens with zero attached hydrogens (tertiary/aromatic N) is 1. The monoisotopic (exact) mass is 375 g/mol. The lowest BCUT2D eigenvalue weighted by atomic mass is 9.88. The predicted molar refractivity (Wildman–Crippen MR) is 96.0 cm³/mol. The summed E-state index contributed by atoms with van der Waals surface area (Å²) in [5, 5.41) is 9.09. The third kappa shape index (κ3) is 3.38. The highest BCUT2D eigenvalue weighted by atomic mass is 32.2. The number of nitriles is 1. The molecular formula is C17H17N3O3S2. The Morgan fingerprint density at radius 1 is 1.36 bits per heavy atom. The maximum atomic E-state index is 12.6.